The molecule has 43 heavy (non-hydrogen) atoms. The van der Waals surface area contributed by atoms with Crippen molar-refractivity contribution in [2.24, 2.45) is 5.92 Å². The molecule has 0 spiro atoms. The van der Waals surface area contributed by atoms with Crippen LogP contribution in [0, 0.1) is 17.1 Å². The molecule has 1 fully saturated rings. The Morgan fingerprint density at radius 2 is 1.91 bits per heavy atom. The van der Waals surface area contributed by atoms with E-state index in [0.29, 0.717) is 52.7 Å². The number of anilines is 3. The molecule has 2 aromatic heterocycles. The van der Waals surface area contributed by atoms with E-state index in [0.717, 1.165) is 54.4 Å². The Kier molecular flexibility index (Phi) is 7.84. The maximum Gasteiger partial charge on any atom is 0.224 e. The van der Waals surface area contributed by atoms with Gasteiger partial charge in [-0.1, -0.05) is 12.1 Å². The topological polar surface area (TPSA) is 149 Å². The fourth-order valence-corrected chi connectivity index (χ4v) is 5.66. The van der Waals surface area contributed by atoms with Gasteiger partial charge in [0, 0.05) is 58.5 Å². The summed E-state index contributed by atoms with van der Waals surface area (Å²) in [6.07, 6.45) is 9.76. The summed E-state index contributed by atoms with van der Waals surface area (Å²) in [4.78, 5) is 21.4. The quantitative estimate of drug-likeness (QED) is 0.126. The number of phenols is 1. The summed E-state index contributed by atoms with van der Waals surface area (Å²) in [6.45, 7) is 1.89. The number of halogens is 1. The molecule has 6 rings (SSSR count). The second-order valence-corrected chi connectivity index (χ2v) is 10.9. The molecule has 218 valence electrons. The van der Waals surface area contributed by atoms with E-state index in [-0.39, 0.29) is 17.4 Å². The van der Waals surface area contributed by atoms with Crippen LogP contribution in [0.1, 0.15) is 30.4 Å². The van der Waals surface area contributed by atoms with Gasteiger partial charge < -0.3 is 26.8 Å². The molecule has 2 aromatic carbocycles. The normalized spacial score (nSPS) is 14.8. The molecule has 10 heteroatoms. The van der Waals surface area contributed by atoms with E-state index in [2.05, 4.69) is 25.9 Å². The number of phenolic OH excluding ortho intramolecular Hbond substituents is 1. The Morgan fingerprint density at radius 1 is 1.07 bits per heavy atom. The van der Waals surface area contributed by atoms with Crippen molar-refractivity contribution in [3.63, 3.8) is 0 Å². The number of rotatable bonds is 7. The molecule has 1 saturated heterocycles. The van der Waals surface area contributed by atoms with Crippen molar-refractivity contribution >= 4 is 28.7 Å². The Hall–Kier alpha value is -5.09. The monoisotopic (exact) mass is 577 g/mol. The van der Waals surface area contributed by atoms with Crippen LogP contribution in [0.4, 0.5) is 21.5 Å². The minimum Gasteiger partial charge on any atom is -0.508 e. The molecule has 1 amide bonds. The van der Waals surface area contributed by atoms with Crippen LogP contribution in [0.15, 0.2) is 78.9 Å². The van der Waals surface area contributed by atoms with E-state index in [1.54, 1.807) is 30.7 Å². The van der Waals surface area contributed by atoms with Gasteiger partial charge in [-0.15, -0.1) is 0 Å². The van der Waals surface area contributed by atoms with Gasteiger partial charge in [-0.2, -0.15) is 0 Å². The predicted octanol–water partition coefficient (Wildman–Crippen LogP) is 5.49. The summed E-state index contributed by atoms with van der Waals surface area (Å²) in [5, 5.41) is 28.5. The summed E-state index contributed by atoms with van der Waals surface area (Å²) < 4.78 is 14.0. The summed E-state index contributed by atoms with van der Waals surface area (Å²) >= 11 is 0. The average Bonchev–Trinajstić information content (AvgIpc) is 3.00. The fraction of sp³-hybridized carbons (Fsp3) is 0.212. The zero-order valence-electron chi connectivity index (χ0n) is 23.5. The smallest absolute Gasteiger partial charge is 0.224 e. The summed E-state index contributed by atoms with van der Waals surface area (Å²) in [5.41, 5.74) is 12.9. The SMILES string of the molecule is N=C(C1=CCc2c(ccnc2-c2cc(O)cc(F)c2)N1)c1cc(-c2cncc(NC(=O)CC3CCNCC3)c2)ccc1N. The highest BCUT2D eigenvalue weighted by molar-refractivity contribution is 6.16. The van der Waals surface area contributed by atoms with Crippen LogP contribution in [0.25, 0.3) is 22.4 Å². The minimum atomic E-state index is -0.549. The van der Waals surface area contributed by atoms with Crippen molar-refractivity contribution in [3.05, 3.63) is 95.8 Å². The van der Waals surface area contributed by atoms with Crippen molar-refractivity contribution in [1.29, 1.82) is 5.41 Å². The number of carbonyl (C=O) groups excluding carboxylic acids is 1. The van der Waals surface area contributed by atoms with Crippen molar-refractivity contribution < 1.29 is 14.3 Å². The molecule has 0 atom stereocenters. The molecule has 9 nitrogen and oxygen atoms in total. The molecule has 0 unspecified atom stereocenters. The van der Waals surface area contributed by atoms with E-state index in [4.69, 9.17) is 11.1 Å². The van der Waals surface area contributed by atoms with Gasteiger partial charge >= 0.3 is 0 Å². The van der Waals surface area contributed by atoms with Crippen LogP contribution < -0.4 is 21.7 Å². The second kappa shape index (κ2) is 12.0. The lowest BCUT2D eigenvalue weighted by atomic mass is 9.94. The molecule has 2 aliphatic heterocycles. The number of aromatic hydroxyl groups is 1. The van der Waals surface area contributed by atoms with Gasteiger partial charge in [0.05, 0.1) is 29.0 Å². The average molecular weight is 578 g/mol. The third-order valence-electron chi connectivity index (χ3n) is 7.87. The van der Waals surface area contributed by atoms with Crippen molar-refractivity contribution in [1.82, 2.24) is 15.3 Å². The van der Waals surface area contributed by atoms with Crippen molar-refractivity contribution in [2.45, 2.75) is 25.7 Å². The second-order valence-electron chi connectivity index (χ2n) is 10.9. The standard InChI is InChI=1S/C33H32FN7O2/c34-23-12-21(14-25(42)16-23)33-26-2-4-30(41-29(26)7-10-39-33)32(36)27-15-20(1-3-28(27)35)22-13-24(18-38-17-22)40-31(43)11-19-5-8-37-9-6-19/h1,3-4,7,10,12-19,36-37,41-42H,2,5-6,8-9,11,35H2,(H,40,43). The van der Waals surface area contributed by atoms with Gasteiger partial charge in [-0.05, 0) is 80.2 Å². The van der Waals surface area contributed by atoms with Crippen LogP contribution in [0.5, 0.6) is 5.75 Å². The number of amides is 1. The van der Waals surface area contributed by atoms with Gasteiger partial charge in [0.1, 0.15) is 11.6 Å². The first kappa shape index (κ1) is 28.0. The molecule has 2 aliphatic rings. The number of carbonyl (C=O) groups is 1. The molecule has 0 saturated carbocycles. The lowest BCUT2D eigenvalue weighted by Crippen LogP contribution is -2.30. The number of nitrogens with zero attached hydrogens (tertiary/aromatic N) is 2. The first-order valence-electron chi connectivity index (χ1n) is 14.2. The Bertz CT molecular complexity index is 1730. The van der Waals surface area contributed by atoms with Crippen LogP contribution in [0.2, 0.25) is 0 Å². The molecule has 4 aromatic rings. The van der Waals surface area contributed by atoms with Gasteiger partial charge in [0.25, 0.3) is 0 Å². The number of allylic oxidation sites excluding steroid dienone is 2. The maximum atomic E-state index is 14.0. The third kappa shape index (κ3) is 6.24. The molecule has 0 aliphatic carbocycles. The number of hydrogen-bond acceptors (Lipinski definition) is 8. The summed E-state index contributed by atoms with van der Waals surface area (Å²) in [5.74, 6) is -0.358. The zero-order chi connectivity index (χ0) is 29.9. The van der Waals surface area contributed by atoms with Crippen molar-refractivity contribution in [2.75, 3.05) is 29.5 Å². The number of aromatic nitrogens is 2. The molecular formula is C33H32FN7O2. The maximum absolute atomic E-state index is 14.0. The first-order valence-corrected chi connectivity index (χ1v) is 14.2. The van der Waals surface area contributed by atoms with Crippen LogP contribution >= 0.6 is 0 Å². The number of piperidine rings is 1. The van der Waals surface area contributed by atoms with E-state index >= 15 is 0 Å². The molecular weight excluding hydrogens is 545 g/mol. The number of fused-ring (bicyclic) bond motifs is 1. The number of pyridine rings is 2. The molecule has 0 bridgehead atoms. The molecule has 0 radical (unpaired) electrons. The number of hydrogen-bond donors (Lipinski definition) is 6. The number of nitrogens with one attached hydrogen (secondary N) is 4. The van der Waals surface area contributed by atoms with Crippen LogP contribution in [-0.2, 0) is 11.2 Å². The van der Waals surface area contributed by atoms with Crippen molar-refractivity contribution in [3.8, 4) is 28.1 Å². The summed E-state index contributed by atoms with van der Waals surface area (Å²) in [6, 6.07) is 13.0. The van der Waals surface area contributed by atoms with Gasteiger partial charge in [0.15, 0.2) is 0 Å². The van der Waals surface area contributed by atoms with Gasteiger partial charge in [-0.25, -0.2) is 4.39 Å². The van der Waals surface area contributed by atoms with Gasteiger partial charge in [0.2, 0.25) is 5.91 Å². The van der Waals surface area contributed by atoms with E-state index in [9.17, 15) is 14.3 Å². The zero-order valence-corrected chi connectivity index (χ0v) is 23.5. The highest BCUT2D eigenvalue weighted by Gasteiger charge is 2.21. The number of nitrogens with two attached hydrogens (primary N) is 1. The fourth-order valence-electron chi connectivity index (χ4n) is 5.66. The van der Waals surface area contributed by atoms with E-state index in [1.165, 1.54) is 12.1 Å². The highest BCUT2D eigenvalue weighted by atomic mass is 19.1. The predicted molar refractivity (Wildman–Crippen MR) is 166 cm³/mol. The Balaban J connectivity index is 1.21. The lowest BCUT2D eigenvalue weighted by Gasteiger charge is -2.23. The van der Waals surface area contributed by atoms with Gasteiger partial charge in [-0.3, -0.25) is 20.2 Å². The summed E-state index contributed by atoms with van der Waals surface area (Å²) in [7, 11) is 0. The highest BCUT2D eigenvalue weighted by Crippen LogP contribution is 2.35. The number of benzene rings is 2. The molecule has 4 heterocycles. The largest absolute Gasteiger partial charge is 0.508 e. The van der Waals surface area contributed by atoms with E-state index in [1.807, 2.05) is 24.3 Å². The lowest BCUT2D eigenvalue weighted by molar-refractivity contribution is -0.117. The van der Waals surface area contributed by atoms with E-state index < -0.39 is 5.82 Å². The third-order valence-corrected chi connectivity index (χ3v) is 7.87. The number of nitrogen functional groups attached to an aromatic ring is 1. The Morgan fingerprint density at radius 3 is 2.72 bits per heavy atom. The molecule has 7 N–H and O–H groups in total. The minimum absolute atomic E-state index is 0.0197. The van der Waals surface area contributed by atoms with Crippen LogP contribution in [0.3, 0.4) is 0 Å². The Labute approximate surface area is 248 Å². The van der Waals surface area contributed by atoms with Crippen LogP contribution in [-0.4, -0.2) is 39.8 Å². The first-order chi connectivity index (χ1) is 20.8.